The van der Waals surface area contributed by atoms with Crippen LogP contribution in [0, 0.1) is 5.92 Å². The van der Waals surface area contributed by atoms with Gasteiger partial charge in [0, 0.05) is 28.5 Å². The first-order chi connectivity index (χ1) is 8.81. The van der Waals surface area contributed by atoms with Crippen molar-refractivity contribution in [1.29, 1.82) is 0 Å². The summed E-state index contributed by atoms with van der Waals surface area (Å²) in [5.41, 5.74) is 0. The molecule has 0 bridgehead atoms. The van der Waals surface area contributed by atoms with E-state index in [0.29, 0.717) is 0 Å². The Kier molecular flexibility index (Phi) is 4.39. The van der Waals surface area contributed by atoms with Gasteiger partial charge < -0.3 is 5.32 Å². The minimum atomic E-state index is 0.854. The van der Waals surface area contributed by atoms with E-state index >= 15 is 0 Å². The third kappa shape index (κ3) is 3.56. The molecule has 1 saturated carbocycles. The van der Waals surface area contributed by atoms with E-state index in [1.165, 1.54) is 54.7 Å². The van der Waals surface area contributed by atoms with Crippen LogP contribution in [0.4, 0.5) is 0 Å². The van der Waals surface area contributed by atoms with Gasteiger partial charge in [0.05, 0.1) is 0 Å². The second-order valence-corrected chi connectivity index (χ2v) is 7.47. The lowest BCUT2D eigenvalue weighted by atomic mass is 9.98. The van der Waals surface area contributed by atoms with Gasteiger partial charge in [0.15, 0.2) is 0 Å². The van der Waals surface area contributed by atoms with E-state index < -0.39 is 0 Å². The Morgan fingerprint density at radius 3 is 3.00 bits per heavy atom. The fourth-order valence-corrected chi connectivity index (χ4v) is 4.24. The quantitative estimate of drug-likeness (QED) is 0.890. The van der Waals surface area contributed by atoms with E-state index in [9.17, 15) is 0 Å². The van der Waals surface area contributed by atoms with Gasteiger partial charge in [0.2, 0.25) is 0 Å². The summed E-state index contributed by atoms with van der Waals surface area (Å²) in [5, 5.41) is 5.86. The molecule has 2 heterocycles. The number of halogens is 1. The Labute approximate surface area is 122 Å². The van der Waals surface area contributed by atoms with Gasteiger partial charge in [0.25, 0.3) is 0 Å². The van der Waals surface area contributed by atoms with Crippen LogP contribution in [0.5, 0.6) is 0 Å². The van der Waals surface area contributed by atoms with Crippen molar-refractivity contribution in [3.8, 4) is 0 Å². The zero-order valence-electron chi connectivity index (χ0n) is 10.7. The van der Waals surface area contributed by atoms with Gasteiger partial charge in [0.1, 0.15) is 0 Å². The van der Waals surface area contributed by atoms with Crippen LogP contribution in [0.1, 0.15) is 30.6 Å². The number of rotatable bonds is 5. The average molecular weight is 329 g/mol. The number of piperidine rings is 1. The minimum Gasteiger partial charge on any atom is -0.314 e. The molecule has 1 aliphatic carbocycles. The van der Waals surface area contributed by atoms with Crippen LogP contribution in [0.2, 0.25) is 0 Å². The summed E-state index contributed by atoms with van der Waals surface area (Å²) in [6.45, 7) is 4.89. The zero-order valence-corrected chi connectivity index (χ0v) is 13.1. The van der Waals surface area contributed by atoms with Crippen LogP contribution in [0.3, 0.4) is 0 Å². The Hall–Kier alpha value is 0.1000. The standard InChI is InChI=1S/C14H21BrN2S/c15-13-5-7-18-14(13)10-17-6-1-2-11(9-17)8-16-12-3-4-12/h5,7,11-12,16H,1-4,6,8-10H2. The highest BCUT2D eigenvalue weighted by atomic mass is 79.9. The van der Waals surface area contributed by atoms with Crippen molar-refractivity contribution in [2.75, 3.05) is 19.6 Å². The maximum absolute atomic E-state index is 3.68. The molecule has 2 fully saturated rings. The van der Waals surface area contributed by atoms with Crippen LogP contribution in [0.15, 0.2) is 15.9 Å². The van der Waals surface area contributed by atoms with Gasteiger partial charge in [-0.25, -0.2) is 0 Å². The lowest BCUT2D eigenvalue weighted by molar-refractivity contribution is 0.166. The molecule has 1 aliphatic heterocycles. The number of nitrogens with zero attached hydrogens (tertiary/aromatic N) is 1. The highest BCUT2D eigenvalue weighted by Crippen LogP contribution is 2.27. The second-order valence-electron chi connectivity index (χ2n) is 5.62. The predicted molar refractivity (Wildman–Crippen MR) is 81.0 cm³/mol. The fourth-order valence-electron chi connectivity index (χ4n) is 2.72. The van der Waals surface area contributed by atoms with Crippen molar-refractivity contribution in [1.82, 2.24) is 10.2 Å². The Morgan fingerprint density at radius 1 is 1.39 bits per heavy atom. The molecule has 100 valence electrons. The third-order valence-electron chi connectivity index (χ3n) is 3.93. The van der Waals surface area contributed by atoms with E-state index in [4.69, 9.17) is 0 Å². The first-order valence-corrected chi connectivity index (χ1v) is 8.66. The molecule has 1 aromatic rings. The lowest BCUT2D eigenvalue weighted by Crippen LogP contribution is -2.39. The van der Waals surface area contributed by atoms with Gasteiger partial charge >= 0.3 is 0 Å². The maximum atomic E-state index is 3.68. The summed E-state index contributed by atoms with van der Waals surface area (Å²) in [5.74, 6) is 0.859. The van der Waals surface area contributed by atoms with Gasteiger partial charge in [-0.15, -0.1) is 11.3 Å². The molecule has 1 unspecified atom stereocenters. The lowest BCUT2D eigenvalue weighted by Gasteiger charge is -2.32. The first kappa shape index (κ1) is 13.1. The van der Waals surface area contributed by atoms with Crippen LogP contribution in [-0.2, 0) is 6.54 Å². The Balaban J connectivity index is 1.48. The Bertz CT molecular complexity index is 389. The molecule has 1 N–H and O–H groups in total. The number of hydrogen-bond acceptors (Lipinski definition) is 3. The second kappa shape index (κ2) is 6.04. The monoisotopic (exact) mass is 328 g/mol. The molecule has 1 saturated heterocycles. The number of thiophene rings is 1. The molecule has 0 aromatic carbocycles. The van der Waals surface area contributed by atoms with Gasteiger partial charge in [-0.05, 0) is 72.1 Å². The topological polar surface area (TPSA) is 15.3 Å². The van der Waals surface area contributed by atoms with Crippen molar-refractivity contribution < 1.29 is 0 Å². The summed E-state index contributed by atoms with van der Waals surface area (Å²) in [6.07, 6.45) is 5.57. The molecular formula is C14H21BrN2S. The largest absolute Gasteiger partial charge is 0.314 e. The third-order valence-corrected chi connectivity index (χ3v) is 5.85. The maximum Gasteiger partial charge on any atom is 0.0339 e. The summed E-state index contributed by atoms with van der Waals surface area (Å²) in [6, 6.07) is 3.02. The van der Waals surface area contributed by atoms with E-state index in [0.717, 1.165) is 18.5 Å². The highest BCUT2D eigenvalue weighted by Gasteiger charge is 2.25. The van der Waals surface area contributed by atoms with E-state index in [2.05, 4.69) is 37.6 Å². The van der Waals surface area contributed by atoms with Crippen molar-refractivity contribution >= 4 is 27.3 Å². The van der Waals surface area contributed by atoms with Gasteiger partial charge in [-0.2, -0.15) is 0 Å². The van der Waals surface area contributed by atoms with Crippen molar-refractivity contribution in [2.45, 2.75) is 38.3 Å². The van der Waals surface area contributed by atoms with E-state index in [1.807, 2.05) is 11.3 Å². The van der Waals surface area contributed by atoms with Crippen molar-refractivity contribution in [3.05, 3.63) is 20.8 Å². The fraction of sp³-hybridized carbons (Fsp3) is 0.714. The van der Waals surface area contributed by atoms with E-state index in [-0.39, 0.29) is 0 Å². The molecule has 1 atom stereocenters. The van der Waals surface area contributed by atoms with Crippen LogP contribution < -0.4 is 5.32 Å². The summed E-state index contributed by atoms with van der Waals surface area (Å²) < 4.78 is 1.28. The van der Waals surface area contributed by atoms with Crippen molar-refractivity contribution in [3.63, 3.8) is 0 Å². The van der Waals surface area contributed by atoms with Crippen LogP contribution in [-0.4, -0.2) is 30.6 Å². The predicted octanol–water partition coefficient (Wildman–Crippen LogP) is 3.47. The molecule has 0 spiro atoms. The van der Waals surface area contributed by atoms with Gasteiger partial charge in [-0.3, -0.25) is 4.90 Å². The Morgan fingerprint density at radius 2 is 2.28 bits per heavy atom. The molecule has 1 aromatic heterocycles. The summed E-state index contributed by atoms with van der Waals surface area (Å²) in [4.78, 5) is 4.10. The molecule has 2 nitrogen and oxygen atoms in total. The smallest absolute Gasteiger partial charge is 0.0339 e. The molecular weight excluding hydrogens is 308 g/mol. The molecule has 18 heavy (non-hydrogen) atoms. The van der Waals surface area contributed by atoms with Crippen LogP contribution in [0.25, 0.3) is 0 Å². The number of hydrogen-bond donors (Lipinski definition) is 1. The average Bonchev–Trinajstić information content (AvgIpc) is 3.13. The molecule has 0 amide bonds. The summed E-state index contributed by atoms with van der Waals surface area (Å²) in [7, 11) is 0. The van der Waals surface area contributed by atoms with Crippen LogP contribution >= 0.6 is 27.3 Å². The minimum absolute atomic E-state index is 0.854. The highest BCUT2D eigenvalue weighted by molar-refractivity contribution is 9.10. The molecule has 0 radical (unpaired) electrons. The number of likely N-dealkylation sites (tertiary alicyclic amines) is 1. The first-order valence-electron chi connectivity index (χ1n) is 6.99. The molecule has 4 heteroatoms. The van der Waals surface area contributed by atoms with Crippen molar-refractivity contribution in [2.24, 2.45) is 5.92 Å². The SMILES string of the molecule is Brc1ccsc1CN1CCCC(CNC2CC2)C1. The molecule has 2 aliphatic rings. The number of nitrogens with one attached hydrogen (secondary N) is 1. The van der Waals surface area contributed by atoms with E-state index in [1.54, 1.807) is 0 Å². The zero-order chi connectivity index (χ0) is 12.4. The van der Waals surface area contributed by atoms with Gasteiger partial charge in [-0.1, -0.05) is 0 Å². The molecule has 3 rings (SSSR count). The summed E-state index contributed by atoms with van der Waals surface area (Å²) >= 11 is 5.51. The normalized spacial score (nSPS) is 25.5.